The summed E-state index contributed by atoms with van der Waals surface area (Å²) in [5.41, 5.74) is 1.63. The Labute approximate surface area is 139 Å². The van der Waals surface area contributed by atoms with Crippen LogP contribution in [0.4, 0.5) is 0 Å². The number of hydrogen-bond donors (Lipinski definition) is 3. The van der Waals surface area contributed by atoms with Gasteiger partial charge in [0, 0.05) is 17.6 Å². The average molecular weight is 340 g/mol. The summed E-state index contributed by atoms with van der Waals surface area (Å²) in [6, 6.07) is 9.41. The predicted molar refractivity (Wildman–Crippen MR) is 95.0 cm³/mol. The highest BCUT2D eigenvalue weighted by Crippen LogP contribution is 2.44. The molecule has 0 aromatic heterocycles. The van der Waals surface area contributed by atoms with Gasteiger partial charge in [0.1, 0.15) is 7.14 Å². The molecule has 1 rings (SSSR count). The standard InChI is InChI=1S/C17H29N2O3P/c1-3-23(22,16-11-7-6-8-12-16)14-10-5-4-9-13-18-15(2)17(20)19-21/h6-8,11-12,15,18,21H,3-5,9-10,13-14H2,1-2H3,(H,19,20)/t15-,23-/m1/s1. The SMILES string of the molecule is CC[P@@](=O)(CCCCCCN[C@H](C)C(=O)NO)c1ccccc1. The molecule has 0 aliphatic carbocycles. The van der Waals surface area contributed by atoms with Crippen LogP contribution in [0.25, 0.3) is 0 Å². The van der Waals surface area contributed by atoms with Gasteiger partial charge in [-0.25, -0.2) is 5.48 Å². The van der Waals surface area contributed by atoms with Crippen molar-refractivity contribution in [3.63, 3.8) is 0 Å². The van der Waals surface area contributed by atoms with E-state index in [1.54, 1.807) is 12.4 Å². The zero-order chi connectivity index (χ0) is 17.1. The van der Waals surface area contributed by atoms with E-state index >= 15 is 0 Å². The fourth-order valence-corrected chi connectivity index (χ4v) is 4.91. The minimum atomic E-state index is -2.24. The Morgan fingerprint density at radius 1 is 1.17 bits per heavy atom. The first-order valence-corrected chi connectivity index (χ1v) is 10.4. The third-order valence-electron chi connectivity index (χ3n) is 4.14. The van der Waals surface area contributed by atoms with Crippen molar-refractivity contribution in [3.8, 4) is 0 Å². The fourth-order valence-electron chi connectivity index (χ4n) is 2.52. The summed E-state index contributed by atoms with van der Waals surface area (Å²) in [4.78, 5) is 11.1. The lowest BCUT2D eigenvalue weighted by Crippen LogP contribution is -2.41. The van der Waals surface area contributed by atoms with Gasteiger partial charge >= 0.3 is 0 Å². The van der Waals surface area contributed by atoms with Gasteiger partial charge in [-0.2, -0.15) is 0 Å². The molecule has 3 N–H and O–H groups in total. The monoisotopic (exact) mass is 340 g/mol. The molecule has 23 heavy (non-hydrogen) atoms. The van der Waals surface area contributed by atoms with Crippen LogP contribution in [0.2, 0.25) is 0 Å². The van der Waals surface area contributed by atoms with Crippen molar-refractivity contribution in [1.82, 2.24) is 10.8 Å². The maximum Gasteiger partial charge on any atom is 0.260 e. The maximum atomic E-state index is 13.0. The van der Waals surface area contributed by atoms with Crippen molar-refractivity contribution >= 4 is 18.4 Å². The van der Waals surface area contributed by atoms with Crippen molar-refractivity contribution < 1.29 is 14.6 Å². The molecule has 0 aliphatic rings. The summed E-state index contributed by atoms with van der Waals surface area (Å²) in [6.07, 6.45) is 5.49. The van der Waals surface area contributed by atoms with Gasteiger partial charge in [-0.05, 0) is 26.3 Å². The molecule has 1 aromatic carbocycles. The average Bonchev–Trinajstić information content (AvgIpc) is 2.60. The quantitative estimate of drug-likeness (QED) is 0.250. The number of hydrogen-bond acceptors (Lipinski definition) is 4. The Morgan fingerprint density at radius 2 is 1.83 bits per heavy atom. The minimum absolute atomic E-state index is 0.390. The Hall–Kier alpha value is -1.16. The Morgan fingerprint density at radius 3 is 2.43 bits per heavy atom. The van der Waals surface area contributed by atoms with Crippen LogP contribution in [-0.4, -0.2) is 36.0 Å². The second kappa shape index (κ2) is 10.6. The predicted octanol–water partition coefficient (Wildman–Crippen LogP) is 2.74. The van der Waals surface area contributed by atoms with Crippen molar-refractivity contribution in [1.29, 1.82) is 0 Å². The van der Waals surface area contributed by atoms with Crippen LogP contribution in [-0.2, 0) is 9.36 Å². The van der Waals surface area contributed by atoms with Crippen molar-refractivity contribution in [2.24, 2.45) is 0 Å². The van der Waals surface area contributed by atoms with Crippen LogP contribution < -0.4 is 16.1 Å². The number of carbonyl (C=O) groups is 1. The normalized spacial score (nSPS) is 14.9. The van der Waals surface area contributed by atoms with Crippen molar-refractivity contribution in [2.75, 3.05) is 18.9 Å². The van der Waals surface area contributed by atoms with Gasteiger partial charge in [-0.15, -0.1) is 0 Å². The zero-order valence-electron chi connectivity index (χ0n) is 14.1. The number of carbonyl (C=O) groups excluding carboxylic acids is 1. The van der Waals surface area contributed by atoms with Crippen LogP contribution in [0.15, 0.2) is 30.3 Å². The molecule has 0 fully saturated rings. The highest BCUT2D eigenvalue weighted by Gasteiger charge is 2.21. The van der Waals surface area contributed by atoms with Gasteiger partial charge in [-0.1, -0.05) is 50.1 Å². The molecule has 0 unspecified atom stereocenters. The molecule has 130 valence electrons. The van der Waals surface area contributed by atoms with Crippen LogP contribution in [0.5, 0.6) is 0 Å². The third kappa shape index (κ3) is 6.86. The van der Waals surface area contributed by atoms with E-state index in [1.165, 1.54) is 0 Å². The van der Waals surface area contributed by atoms with Crippen molar-refractivity contribution in [3.05, 3.63) is 30.3 Å². The Kier molecular flexibility index (Phi) is 9.15. The van der Waals surface area contributed by atoms with Gasteiger partial charge in [-0.3, -0.25) is 10.0 Å². The molecular weight excluding hydrogens is 311 g/mol. The van der Waals surface area contributed by atoms with E-state index in [0.717, 1.165) is 43.7 Å². The molecule has 1 amide bonds. The second-order valence-electron chi connectivity index (χ2n) is 5.83. The van der Waals surface area contributed by atoms with E-state index in [0.29, 0.717) is 6.16 Å². The lowest BCUT2D eigenvalue weighted by Gasteiger charge is -2.16. The molecule has 2 atom stereocenters. The molecule has 0 saturated carbocycles. The summed E-state index contributed by atoms with van der Waals surface area (Å²) in [5, 5.41) is 12.5. The first-order chi connectivity index (χ1) is 11.0. The summed E-state index contributed by atoms with van der Waals surface area (Å²) >= 11 is 0. The van der Waals surface area contributed by atoms with E-state index in [2.05, 4.69) is 5.32 Å². The van der Waals surface area contributed by atoms with Gasteiger partial charge in [0.15, 0.2) is 0 Å². The van der Waals surface area contributed by atoms with E-state index in [4.69, 9.17) is 5.21 Å². The number of amides is 1. The summed E-state index contributed by atoms with van der Waals surface area (Å²) < 4.78 is 13.0. The largest absolute Gasteiger partial charge is 0.319 e. The number of unbranched alkanes of at least 4 members (excludes halogenated alkanes) is 3. The highest BCUT2D eigenvalue weighted by molar-refractivity contribution is 7.71. The van der Waals surface area contributed by atoms with Crippen LogP contribution >= 0.6 is 7.14 Å². The summed E-state index contributed by atoms with van der Waals surface area (Å²) in [7, 11) is -2.24. The van der Waals surface area contributed by atoms with Gasteiger partial charge in [0.2, 0.25) is 0 Å². The number of nitrogens with one attached hydrogen (secondary N) is 2. The molecule has 0 heterocycles. The second-order valence-corrected chi connectivity index (χ2v) is 9.21. The smallest absolute Gasteiger partial charge is 0.260 e. The molecular formula is C17H29N2O3P. The lowest BCUT2D eigenvalue weighted by molar-refractivity contribution is -0.130. The van der Waals surface area contributed by atoms with Gasteiger partial charge in [0.25, 0.3) is 5.91 Å². The fraction of sp³-hybridized carbons (Fsp3) is 0.588. The Balaban J connectivity index is 2.21. The molecule has 1 aromatic rings. The number of rotatable bonds is 11. The molecule has 0 radical (unpaired) electrons. The first kappa shape index (κ1) is 19.9. The number of benzene rings is 1. The molecule has 5 nitrogen and oxygen atoms in total. The third-order valence-corrected chi connectivity index (χ3v) is 7.44. The zero-order valence-corrected chi connectivity index (χ0v) is 15.0. The minimum Gasteiger partial charge on any atom is -0.319 e. The van der Waals surface area contributed by atoms with Crippen LogP contribution in [0.3, 0.4) is 0 Å². The molecule has 0 aliphatic heterocycles. The lowest BCUT2D eigenvalue weighted by atomic mass is 10.2. The van der Waals surface area contributed by atoms with Gasteiger partial charge in [0.05, 0.1) is 6.04 Å². The van der Waals surface area contributed by atoms with E-state index in [1.807, 2.05) is 37.3 Å². The summed E-state index contributed by atoms with van der Waals surface area (Å²) in [5.74, 6) is -0.420. The van der Waals surface area contributed by atoms with E-state index < -0.39 is 19.1 Å². The van der Waals surface area contributed by atoms with Gasteiger partial charge < -0.3 is 9.88 Å². The maximum absolute atomic E-state index is 13.0. The summed E-state index contributed by atoms with van der Waals surface area (Å²) in [6.45, 7) is 4.45. The molecule has 0 bridgehead atoms. The highest BCUT2D eigenvalue weighted by atomic mass is 31.2. The number of hydroxylamine groups is 1. The van der Waals surface area contributed by atoms with E-state index in [9.17, 15) is 9.36 Å². The Bertz CT molecular complexity index is 508. The van der Waals surface area contributed by atoms with E-state index in [-0.39, 0.29) is 0 Å². The topological polar surface area (TPSA) is 78.4 Å². The van der Waals surface area contributed by atoms with Crippen molar-refractivity contribution in [2.45, 2.75) is 45.6 Å². The van der Waals surface area contributed by atoms with Crippen LogP contribution in [0.1, 0.15) is 39.5 Å². The molecule has 6 heteroatoms. The molecule has 0 saturated heterocycles. The molecule has 0 spiro atoms. The first-order valence-electron chi connectivity index (χ1n) is 8.34. The van der Waals surface area contributed by atoms with Crippen LogP contribution in [0, 0.1) is 0 Å².